The first kappa shape index (κ1) is 20.7. The molecule has 2 bridgehead atoms. The lowest BCUT2D eigenvalue weighted by Crippen LogP contribution is -2.41. The number of amides is 1. The van der Waals surface area contributed by atoms with E-state index in [1.165, 1.54) is 31.4 Å². The van der Waals surface area contributed by atoms with Crippen molar-refractivity contribution < 1.29 is 9.53 Å². The second kappa shape index (κ2) is 8.76. The number of benzene rings is 2. The molecule has 1 atom stereocenters. The Morgan fingerprint density at radius 2 is 1.91 bits per heavy atom. The Hall–Kier alpha value is -3.17. The summed E-state index contributed by atoms with van der Waals surface area (Å²) in [5, 5.41) is 6.34. The summed E-state index contributed by atoms with van der Waals surface area (Å²) >= 11 is 0. The molecule has 2 aromatic rings. The fourth-order valence-corrected chi connectivity index (χ4v) is 5.00. The molecule has 1 unspecified atom stereocenters. The summed E-state index contributed by atoms with van der Waals surface area (Å²) in [6.45, 7) is 1.10. The van der Waals surface area contributed by atoms with Gasteiger partial charge in [0, 0.05) is 17.8 Å². The molecule has 0 aromatic heterocycles. The number of nitrogens with one attached hydrogen (secondary N) is 2. The minimum absolute atomic E-state index is 0.170. The number of nitrogens with zero attached hydrogens (tertiary/aromatic N) is 2. The van der Waals surface area contributed by atoms with Crippen LogP contribution < -0.4 is 20.3 Å². The lowest BCUT2D eigenvalue weighted by molar-refractivity contribution is -0.122. The van der Waals surface area contributed by atoms with Gasteiger partial charge in [0.1, 0.15) is 5.75 Å². The number of carbonyl (C=O) groups is 1. The average molecular weight is 431 g/mol. The van der Waals surface area contributed by atoms with E-state index in [0.717, 1.165) is 16.9 Å². The number of anilines is 3. The van der Waals surface area contributed by atoms with Crippen LogP contribution in [0.15, 0.2) is 42.5 Å². The van der Waals surface area contributed by atoms with E-state index in [2.05, 4.69) is 39.5 Å². The van der Waals surface area contributed by atoms with Crippen molar-refractivity contribution >= 4 is 23.0 Å². The Morgan fingerprint density at radius 1 is 1.16 bits per heavy atom. The molecule has 3 aliphatic rings. The molecule has 32 heavy (non-hydrogen) atoms. The molecule has 2 saturated heterocycles. The van der Waals surface area contributed by atoms with Gasteiger partial charge in [-0.05, 0) is 70.1 Å². The van der Waals surface area contributed by atoms with E-state index in [9.17, 15) is 4.79 Å². The maximum absolute atomic E-state index is 13.0. The summed E-state index contributed by atoms with van der Waals surface area (Å²) in [6.07, 6.45) is 4.51. The maximum Gasteiger partial charge on any atom is 0.267 e. The van der Waals surface area contributed by atoms with Crippen LogP contribution in [0.4, 0.5) is 17.1 Å². The molecule has 2 N–H and O–H groups in total. The van der Waals surface area contributed by atoms with Gasteiger partial charge in [-0.2, -0.15) is 0 Å². The molecule has 0 saturated carbocycles. The summed E-state index contributed by atoms with van der Waals surface area (Å²) in [7, 11) is 4.00. The van der Waals surface area contributed by atoms with E-state index in [0.29, 0.717) is 30.9 Å². The predicted octanol–water partition coefficient (Wildman–Crippen LogP) is 3.54. The van der Waals surface area contributed by atoms with Crippen molar-refractivity contribution in [3.05, 3.63) is 48.0 Å². The van der Waals surface area contributed by atoms with Crippen LogP contribution >= 0.6 is 0 Å². The molecule has 0 radical (unpaired) electrons. The second-order valence-electron chi connectivity index (χ2n) is 9.11. The van der Waals surface area contributed by atoms with Gasteiger partial charge in [0.25, 0.3) is 5.91 Å². The number of para-hydroxylation sites is 2. The van der Waals surface area contributed by atoms with E-state index in [1.54, 1.807) is 0 Å². The fraction of sp³-hybridized carbons (Fsp3) is 0.423. The molecule has 2 fully saturated rings. The molecule has 5 rings (SSSR count). The van der Waals surface area contributed by atoms with Gasteiger partial charge in [0.15, 0.2) is 6.10 Å². The summed E-state index contributed by atoms with van der Waals surface area (Å²) in [5.74, 6) is 7.05. The molecule has 166 valence electrons. The van der Waals surface area contributed by atoms with Crippen molar-refractivity contribution in [3.63, 3.8) is 0 Å². The van der Waals surface area contributed by atoms with Gasteiger partial charge in [-0.1, -0.05) is 24.0 Å². The van der Waals surface area contributed by atoms with Gasteiger partial charge in [-0.3, -0.25) is 9.69 Å². The normalized spacial score (nSPS) is 23.1. The van der Waals surface area contributed by atoms with Crippen molar-refractivity contribution in [3.8, 4) is 17.6 Å². The highest BCUT2D eigenvalue weighted by Crippen LogP contribution is 2.41. The molecule has 1 amide bonds. The van der Waals surface area contributed by atoms with Gasteiger partial charge in [-0.15, -0.1) is 0 Å². The molecular weight excluding hydrogens is 400 g/mol. The molecule has 0 spiro atoms. The van der Waals surface area contributed by atoms with E-state index >= 15 is 0 Å². The van der Waals surface area contributed by atoms with Crippen molar-refractivity contribution in [2.75, 3.05) is 42.7 Å². The standard InChI is InChI=1S/C26H30N4O2/c1-29(2)15-5-6-18-16-21(30-19-9-10-20(30)12-11-19)13-14-22(18)28-26(31)25-17-27-23-7-3-4-8-24(23)32-25/h3-4,7-8,13-14,16,19-20,25,27H,9-12,15,17H2,1-2H3,(H,28,31). The summed E-state index contributed by atoms with van der Waals surface area (Å²) in [5.41, 5.74) is 3.72. The summed E-state index contributed by atoms with van der Waals surface area (Å²) in [6, 6.07) is 15.2. The number of fused-ring (bicyclic) bond motifs is 3. The Kier molecular flexibility index (Phi) is 5.67. The highest BCUT2D eigenvalue weighted by molar-refractivity contribution is 5.96. The quantitative estimate of drug-likeness (QED) is 0.727. The van der Waals surface area contributed by atoms with Gasteiger partial charge < -0.3 is 20.3 Å². The van der Waals surface area contributed by atoms with Crippen LogP contribution in [0.2, 0.25) is 0 Å². The number of carbonyl (C=O) groups excluding carboxylic acids is 1. The van der Waals surface area contributed by atoms with Crippen molar-refractivity contribution in [2.45, 2.75) is 43.9 Å². The first-order valence-electron chi connectivity index (χ1n) is 11.4. The zero-order valence-corrected chi connectivity index (χ0v) is 18.7. The third kappa shape index (κ3) is 4.13. The zero-order valence-electron chi connectivity index (χ0n) is 18.7. The lowest BCUT2D eigenvalue weighted by Gasteiger charge is -2.27. The largest absolute Gasteiger partial charge is 0.477 e. The molecule has 2 aromatic carbocycles. The number of ether oxygens (including phenoxy) is 1. The van der Waals surface area contributed by atoms with Crippen molar-refractivity contribution in [1.29, 1.82) is 0 Å². The number of rotatable bonds is 4. The summed E-state index contributed by atoms with van der Waals surface area (Å²) in [4.78, 5) is 17.6. The SMILES string of the molecule is CN(C)CC#Cc1cc(N2C3CCC2CC3)ccc1NC(=O)C1CNc2ccccc2O1. The Morgan fingerprint density at radius 3 is 2.66 bits per heavy atom. The number of hydrogen-bond acceptors (Lipinski definition) is 5. The molecule has 0 aliphatic carbocycles. The Balaban J connectivity index is 1.37. The lowest BCUT2D eigenvalue weighted by atomic mass is 10.0. The molecule has 6 heteroatoms. The third-order valence-corrected chi connectivity index (χ3v) is 6.56. The Bertz CT molecular complexity index is 1050. The topological polar surface area (TPSA) is 56.8 Å². The molecule has 3 aliphatic heterocycles. The predicted molar refractivity (Wildman–Crippen MR) is 128 cm³/mol. The first-order chi connectivity index (χ1) is 15.6. The maximum atomic E-state index is 13.0. The van der Waals surface area contributed by atoms with E-state index in [-0.39, 0.29) is 5.91 Å². The van der Waals surface area contributed by atoms with E-state index in [1.807, 2.05) is 49.3 Å². The average Bonchev–Trinajstić information content (AvgIpc) is 3.40. The zero-order chi connectivity index (χ0) is 22.1. The van der Waals surface area contributed by atoms with Gasteiger partial charge in [-0.25, -0.2) is 0 Å². The van der Waals surface area contributed by atoms with E-state index < -0.39 is 6.10 Å². The van der Waals surface area contributed by atoms with Crippen LogP contribution in [0.25, 0.3) is 0 Å². The highest BCUT2D eigenvalue weighted by atomic mass is 16.5. The van der Waals surface area contributed by atoms with Crippen molar-refractivity contribution in [1.82, 2.24) is 4.90 Å². The minimum atomic E-state index is -0.596. The second-order valence-corrected chi connectivity index (χ2v) is 9.11. The van der Waals surface area contributed by atoms with Crippen molar-refractivity contribution in [2.24, 2.45) is 0 Å². The highest BCUT2D eigenvalue weighted by Gasteiger charge is 2.39. The number of hydrogen-bond donors (Lipinski definition) is 2. The van der Waals surface area contributed by atoms with Crippen LogP contribution in [0.5, 0.6) is 5.75 Å². The van der Waals surface area contributed by atoms with Gasteiger partial charge in [0.05, 0.1) is 30.0 Å². The summed E-state index contributed by atoms with van der Waals surface area (Å²) < 4.78 is 5.93. The van der Waals surface area contributed by atoms with E-state index in [4.69, 9.17) is 4.74 Å². The molecule has 6 nitrogen and oxygen atoms in total. The molecular formula is C26H30N4O2. The van der Waals surface area contributed by atoms with Crippen LogP contribution in [-0.2, 0) is 4.79 Å². The molecule has 3 heterocycles. The smallest absolute Gasteiger partial charge is 0.267 e. The van der Waals surface area contributed by atoms with Gasteiger partial charge in [0.2, 0.25) is 0 Å². The van der Waals surface area contributed by atoms with Gasteiger partial charge >= 0.3 is 0 Å². The fourth-order valence-electron chi connectivity index (χ4n) is 5.00. The first-order valence-corrected chi connectivity index (χ1v) is 11.4. The van der Waals surface area contributed by atoms with Crippen LogP contribution in [0, 0.1) is 11.8 Å². The van der Waals surface area contributed by atoms with Crippen LogP contribution in [0.1, 0.15) is 31.2 Å². The monoisotopic (exact) mass is 430 g/mol. The van der Waals surface area contributed by atoms with Crippen LogP contribution in [-0.4, -0.2) is 56.2 Å². The third-order valence-electron chi connectivity index (χ3n) is 6.56. The van der Waals surface area contributed by atoms with Crippen LogP contribution in [0.3, 0.4) is 0 Å². The Labute approximate surface area is 189 Å². The minimum Gasteiger partial charge on any atom is -0.477 e.